The molecule has 2 amide bonds. The molecule has 1 N–H and O–H groups in total. The van der Waals surface area contributed by atoms with Crippen molar-refractivity contribution >= 4 is 18.0 Å². The molecule has 3 aromatic rings. The SMILES string of the molecule is CC(C)(C)N1C(=O)c2c(ccc(O)c2-c2ccccc2)C1C(=O)N=Cc1ccccc1. The maximum atomic E-state index is 13.6. The minimum absolute atomic E-state index is 0.00745. The van der Waals surface area contributed by atoms with Crippen LogP contribution in [0.2, 0.25) is 0 Å². The first-order chi connectivity index (χ1) is 14.8. The van der Waals surface area contributed by atoms with Crippen LogP contribution in [0.3, 0.4) is 0 Å². The monoisotopic (exact) mass is 412 g/mol. The van der Waals surface area contributed by atoms with Crippen molar-refractivity contribution in [3.05, 3.63) is 89.5 Å². The molecule has 5 nitrogen and oxygen atoms in total. The van der Waals surface area contributed by atoms with Gasteiger partial charge >= 0.3 is 0 Å². The molecule has 4 rings (SSSR count). The number of carbonyl (C=O) groups excluding carboxylic acids is 2. The van der Waals surface area contributed by atoms with Crippen LogP contribution >= 0.6 is 0 Å². The lowest BCUT2D eigenvalue weighted by Gasteiger charge is -2.35. The van der Waals surface area contributed by atoms with Gasteiger partial charge in [-0.15, -0.1) is 0 Å². The van der Waals surface area contributed by atoms with Gasteiger partial charge in [0.1, 0.15) is 11.8 Å². The van der Waals surface area contributed by atoms with Gasteiger partial charge in [-0.05, 0) is 43.5 Å². The first kappa shape index (κ1) is 20.5. The Morgan fingerprint density at radius 2 is 1.55 bits per heavy atom. The third-order valence-electron chi connectivity index (χ3n) is 5.36. The van der Waals surface area contributed by atoms with Crippen LogP contribution in [0.1, 0.15) is 48.3 Å². The summed E-state index contributed by atoms with van der Waals surface area (Å²) in [5, 5.41) is 10.6. The molecule has 0 fully saturated rings. The average molecular weight is 412 g/mol. The van der Waals surface area contributed by atoms with E-state index in [4.69, 9.17) is 0 Å². The minimum atomic E-state index is -0.856. The van der Waals surface area contributed by atoms with Gasteiger partial charge in [0.25, 0.3) is 11.8 Å². The molecule has 1 aliphatic rings. The van der Waals surface area contributed by atoms with E-state index >= 15 is 0 Å². The van der Waals surface area contributed by atoms with E-state index in [0.29, 0.717) is 16.7 Å². The molecule has 0 saturated heterocycles. The molecule has 0 aliphatic carbocycles. The number of rotatable bonds is 3. The highest BCUT2D eigenvalue weighted by Gasteiger charge is 2.47. The second-order valence-electron chi connectivity index (χ2n) is 8.55. The van der Waals surface area contributed by atoms with Crippen LogP contribution in [0.4, 0.5) is 0 Å². The number of hydrogen-bond donors (Lipinski definition) is 1. The van der Waals surface area contributed by atoms with Crippen LogP contribution in [0, 0.1) is 0 Å². The largest absolute Gasteiger partial charge is 0.507 e. The zero-order valence-corrected chi connectivity index (χ0v) is 17.7. The van der Waals surface area contributed by atoms with Crippen LogP contribution in [-0.4, -0.2) is 33.6 Å². The fraction of sp³-hybridized carbons (Fsp3) is 0.192. The van der Waals surface area contributed by atoms with Crippen LogP contribution in [0.15, 0.2) is 77.8 Å². The van der Waals surface area contributed by atoms with E-state index < -0.39 is 17.5 Å². The summed E-state index contributed by atoms with van der Waals surface area (Å²) in [5.74, 6) is -0.700. The second kappa shape index (κ2) is 7.84. The maximum absolute atomic E-state index is 13.6. The molecule has 1 unspecified atom stereocenters. The van der Waals surface area contributed by atoms with Crippen LogP contribution in [0.25, 0.3) is 11.1 Å². The van der Waals surface area contributed by atoms with E-state index in [-0.39, 0.29) is 11.7 Å². The van der Waals surface area contributed by atoms with Gasteiger partial charge in [-0.25, -0.2) is 4.99 Å². The Balaban J connectivity index is 1.85. The van der Waals surface area contributed by atoms with E-state index in [2.05, 4.69) is 4.99 Å². The van der Waals surface area contributed by atoms with Crippen molar-refractivity contribution in [2.45, 2.75) is 32.4 Å². The number of aromatic hydroxyl groups is 1. The van der Waals surface area contributed by atoms with Gasteiger partial charge in [0.05, 0.1) is 5.56 Å². The number of fused-ring (bicyclic) bond motifs is 1. The van der Waals surface area contributed by atoms with Crippen molar-refractivity contribution in [1.82, 2.24) is 4.90 Å². The van der Waals surface area contributed by atoms with E-state index in [0.717, 1.165) is 11.1 Å². The molecule has 0 aromatic heterocycles. The highest BCUT2D eigenvalue weighted by Crippen LogP contribution is 2.46. The summed E-state index contributed by atoms with van der Waals surface area (Å²) in [5.41, 5.74) is 2.27. The quantitative estimate of drug-likeness (QED) is 0.616. The predicted octanol–water partition coefficient (Wildman–Crippen LogP) is 5.00. The fourth-order valence-corrected chi connectivity index (χ4v) is 4.02. The summed E-state index contributed by atoms with van der Waals surface area (Å²) in [6, 6.07) is 20.9. The summed E-state index contributed by atoms with van der Waals surface area (Å²) < 4.78 is 0. The molecular formula is C26H24N2O3. The maximum Gasteiger partial charge on any atom is 0.273 e. The summed E-state index contributed by atoms with van der Waals surface area (Å²) in [4.78, 5) is 32.6. The van der Waals surface area contributed by atoms with Crippen molar-refractivity contribution in [2.75, 3.05) is 0 Å². The third-order valence-corrected chi connectivity index (χ3v) is 5.36. The van der Waals surface area contributed by atoms with Crippen molar-refractivity contribution in [1.29, 1.82) is 0 Å². The Morgan fingerprint density at radius 3 is 2.16 bits per heavy atom. The number of phenols is 1. The standard InChI is InChI=1S/C26H24N2O3/c1-26(2,3)28-23(24(30)27-16-17-10-6-4-7-11-17)19-14-15-20(29)21(22(19)25(28)31)18-12-8-5-9-13-18/h4-16,23,29H,1-3H3. The average Bonchev–Trinajstić information content (AvgIpc) is 3.06. The lowest BCUT2D eigenvalue weighted by molar-refractivity contribution is -0.123. The van der Waals surface area contributed by atoms with Crippen LogP contribution in [0.5, 0.6) is 5.75 Å². The molecule has 1 aliphatic heterocycles. The Labute approximate surface area is 181 Å². The van der Waals surface area contributed by atoms with Gasteiger partial charge in [0.15, 0.2) is 0 Å². The van der Waals surface area contributed by atoms with Gasteiger partial charge in [0.2, 0.25) is 0 Å². The first-order valence-corrected chi connectivity index (χ1v) is 10.2. The molecule has 0 spiro atoms. The molecule has 0 saturated carbocycles. The second-order valence-corrected chi connectivity index (χ2v) is 8.55. The summed E-state index contributed by atoms with van der Waals surface area (Å²) >= 11 is 0. The number of aliphatic imine (C=N–C) groups is 1. The molecule has 0 radical (unpaired) electrons. The lowest BCUT2D eigenvalue weighted by Crippen LogP contribution is -2.45. The lowest BCUT2D eigenvalue weighted by atomic mass is 9.93. The normalized spacial score (nSPS) is 16.0. The number of phenolic OH excluding ortho intramolecular Hbond substituents is 1. The Kier molecular flexibility index (Phi) is 5.19. The van der Waals surface area contributed by atoms with Gasteiger partial charge in [0, 0.05) is 17.3 Å². The topological polar surface area (TPSA) is 70.0 Å². The van der Waals surface area contributed by atoms with Crippen LogP contribution < -0.4 is 0 Å². The summed E-state index contributed by atoms with van der Waals surface area (Å²) in [7, 11) is 0. The summed E-state index contributed by atoms with van der Waals surface area (Å²) in [6.45, 7) is 5.67. The number of hydrogen-bond acceptors (Lipinski definition) is 3. The van der Waals surface area contributed by atoms with E-state index in [1.807, 2.05) is 81.4 Å². The smallest absolute Gasteiger partial charge is 0.273 e. The molecule has 1 atom stereocenters. The Morgan fingerprint density at radius 1 is 0.935 bits per heavy atom. The predicted molar refractivity (Wildman–Crippen MR) is 121 cm³/mol. The fourth-order valence-electron chi connectivity index (χ4n) is 4.02. The van der Waals surface area contributed by atoms with Crippen molar-refractivity contribution in [3.8, 4) is 16.9 Å². The van der Waals surface area contributed by atoms with E-state index in [1.165, 1.54) is 6.21 Å². The zero-order valence-electron chi connectivity index (χ0n) is 17.7. The number of benzene rings is 3. The molecule has 0 bridgehead atoms. The van der Waals surface area contributed by atoms with Crippen molar-refractivity contribution in [3.63, 3.8) is 0 Å². The van der Waals surface area contributed by atoms with Crippen molar-refractivity contribution in [2.24, 2.45) is 4.99 Å². The molecular weight excluding hydrogens is 388 g/mol. The minimum Gasteiger partial charge on any atom is -0.507 e. The number of nitrogens with zero attached hydrogens (tertiary/aromatic N) is 2. The molecule has 1 heterocycles. The number of carbonyl (C=O) groups is 2. The van der Waals surface area contributed by atoms with Gasteiger partial charge in [-0.3, -0.25) is 9.59 Å². The Hall–Kier alpha value is -3.73. The molecule has 156 valence electrons. The molecule has 31 heavy (non-hydrogen) atoms. The molecule has 5 heteroatoms. The van der Waals surface area contributed by atoms with Crippen molar-refractivity contribution < 1.29 is 14.7 Å². The number of amides is 2. The summed E-state index contributed by atoms with van der Waals surface area (Å²) in [6.07, 6.45) is 1.52. The van der Waals surface area contributed by atoms with E-state index in [9.17, 15) is 14.7 Å². The van der Waals surface area contributed by atoms with Gasteiger partial charge in [-0.1, -0.05) is 66.7 Å². The van der Waals surface area contributed by atoms with Crippen LogP contribution in [-0.2, 0) is 4.79 Å². The highest BCUT2D eigenvalue weighted by molar-refractivity contribution is 6.11. The highest BCUT2D eigenvalue weighted by atomic mass is 16.3. The third kappa shape index (κ3) is 3.75. The zero-order chi connectivity index (χ0) is 22.2. The van der Waals surface area contributed by atoms with Gasteiger partial charge < -0.3 is 10.0 Å². The molecule has 3 aromatic carbocycles. The van der Waals surface area contributed by atoms with Gasteiger partial charge in [-0.2, -0.15) is 0 Å². The van der Waals surface area contributed by atoms with E-state index in [1.54, 1.807) is 17.0 Å². The Bertz CT molecular complexity index is 1160. The first-order valence-electron chi connectivity index (χ1n) is 10.2.